The quantitative estimate of drug-likeness (QED) is 0.789. The van der Waals surface area contributed by atoms with Gasteiger partial charge in [0.15, 0.2) is 0 Å². The van der Waals surface area contributed by atoms with Crippen molar-refractivity contribution in [3.63, 3.8) is 0 Å². The van der Waals surface area contributed by atoms with Crippen LogP contribution in [-0.2, 0) is 0 Å². The molecule has 2 bridgehead atoms. The predicted octanol–water partition coefficient (Wildman–Crippen LogP) is 5.42. The molecule has 0 radical (unpaired) electrons. The molecule has 2 saturated carbocycles. The Hall–Kier alpha value is -1.06. The number of carbonyl (C=O) groups excluding carboxylic acids is 1. The van der Waals surface area contributed by atoms with E-state index in [-0.39, 0.29) is 11.9 Å². The van der Waals surface area contributed by atoms with E-state index in [1.807, 2.05) is 12.1 Å². The zero-order chi connectivity index (χ0) is 16.1. The molecule has 0 spiro atoms. The molecule has 4 unspecified atom stereocenters. The van der Waals surface area contributed by atoms with E-state index in [4.69, 9.17) is 11.6 Å². The second-order valence-corrected chi connectivity index (χ2v) is 8.78. The van der Waals surface area contributed by atoms with Crippen LogP contribution in [0.1, 0.15) is 47.8 Å². The number of thiophene rings is 1. The summed E-state index contributed by atoms with van der Waals surface area (Å²) < 4.78 is 1.09. The molecule has 4 atom stereocenters. The Bertz CT molecular complexity index is 768. The van der Waals surface area contributed by atoms with Gasteiger partial charge >= 0.3 is 0 Å². The van der Waals surface area contributed by atoms with Crippen LogP contribution in [0.3, 0.4) is 0 Å². The standard InChI is InChI=1S/C19H22ClNOS/c1-10-3-6-14-16(7-10)23-18(17(14)20)19(22)21-11(2)15-9-12-4-5-13(15)8-12/h3,6-7,11-13,15H,4-5,8-9H2,1-2H3,(H,21,22). The molecular weight excluding hydrogens is 326 g/mol. The molecule has 1 heterocycles. The first kappa shape index (κ1) is 15.5. The lowest BCUT2D eigenvalue weighted by atomic mass is 9.84. The molecule has 1 N–H and O–H groups in total. The summed E-state index contributed by atoms with van der Waals surface area (Å²) in [6.07, 6.45) is 5.39. The third-order valence-electron chi connectivity index (χ3n) is 5.78. The summed E-state index contributed by atoms with van der Waals surface area (Å²) in [7, 11) is 0. The number of benzene rings is 1. The second kappa shape index (κ2) is 5.78. The number of fused-ring (bicyclic) bond motifs is 3. The zero-order valence-electron chi connectivity index (χ0n) is 13.6. The number of hydrogen-bond acceptors (Lipinski definition) is 2. The minimum atomic E-state index is -0.0101. The van der Waals surface area contributed by atoms with Crippen LogP contribution >= 0.6 is 22.9 Å². The van der Waals surface area contributed by atoms with E-state index >= 15 is 0 Å². The molecule has 2 aromatic rings. The maximum Gasteiger partial charge on any atom is 0.263 e. The molecule has 1 aromatic heterocycles. The Balaban J connectivity index is 1.54. The fourth-order valence-corrected chi connectivity index (χ4v) is 6.12. The van der Waals surface area contributed by atoms with Crippen molar-refractivity contribution in [1.29, 1.82) is 0 Å². The van der Waals surface area contributed by atoms with Gasteiger partial charge in [-0.25, -0.2) is 0 Å². The van der Waals surface area contributed by atoms with Gasteiger partial charge in [-0.2, -0.15) is 0 Å². The first-order valence-electron chi connectivity index (χ1n) is 8.52. The van der Waals surface area contributed by atoms with Gasteiger partial charge in [-0.05, 0) is 62.5 Å². The van der Waals surface area contributed by atoms with Gasteiger partial charge in [-0.3, -0.25) is 4.79 Å². The number of halogens is 1. The van der Waals surface area contributed by atoms with Gasteiger partial charge in [0, 0.05) is 16.1 Å². The second-order valence-electron chi connectivity index (χ2n) is 7.35. The minimum Gasteiger partial charge on any atom is -0.349 e. The molecule has 1 aromatic carbocycles. The average molecular weight is 348 g/mol. The van der Waals surface area contributed by atoms with Crippen molar-refractivity contribution in [2.24, 2.45) is 17.8 Å². The molecule has 4 heteroatoms. The number of rotatable bonds is 3. The van der Waals surface area contributed by atoms with Crippen molar-refractivity contribution < 1.29 is 4.79 Å². The molecular formula is C19H22ClNOS. The van der Waals surface area contributed by atoms with Crippen LogP contribution in [0.4, 0.5) is 0 Å². The van der Waals surface area contributed by atoms with E-state index < -0.39 is 0 Å². The van der Waals surface area contributed by atoms with Crippen LogP contribution in [0, 0.1) is 24.7 Å². The Morgan fingerprint density at radius 3 is 2.87 bits per heavy atom. The highest BCUT2D eigenvalue weighted by atomic mass is 35.5. The fourth-order valence-electron chi connectivity index (χ4n) is 4.60. The van der Waals surface area contributed by atoms with Crippen LogP contribution in [0.2, 0.25) is 5.02 Å². The highest BCUT2D eigenvalue weighted by Crippen LogP contribution is 2.49. The molecule has 2 fully saturated rings. The summed E-state index contributed by atoms with van der Waals surface area (Å²) in [5.74, 6) is 2.35. The molecule has 2 nitrogen and oxygen atoms in total. The lowest BCUT2D eigenvalue weighted by Gasteiger charge is -2.28. The highest BCUT2D eigenvalue weighted by Gasteiger charge is 2.42. The van der Waals surface area contributed by atoms with Gasteiger partial charge in [0.1, 0.15) is 4.88 Å². The fraction of sp³-hybridized carbons (Fsp3) is 0.526. The van der Waals surface area contributed by atoms with Crippen LogP contribution in [0.5, 0.6) is 0 Å². The average Bonchev–Trinajstić information content (AvgIpc) is 3.21. The summed E-state index contributed by atoms with van der Waals surface area (Å²) in [6.45, 7) is 4.22. The maximum atomic E-state index is 12.7. The smallest absolute Gasteiger partial charge is 0.263 e. The number of hydrogen-bond donors (Lipinski definition) is 1. The van der Waals surface area contributed by atoms with Crippen LogP contribution < -0.4 is 5.32 Å². The first-order valence-corrected chi connectivity index (χ1v) is 9.72. The van der Waals surface area contributed by atoms with E-state index in [0.717, 1.165) is 21.9 Å². The van der Waals surface area contributed by atoms with E-state index in [1.165, 1.54) is 42.6 Å². The van der Waals surface area contributed by atoms with Gasteiger partial charge in [-0.1, -0.05) is 30.2 Å². The molecule has 2 aliphatic carbocycles. The molecule has 2 aliphatic rings. The van der Waals surface area contributed by atoms with Gasteiger partial charge in [0.2, 0.25) is 0 Å². The van der Waals surface area contributed by atoms with Gasteiger partial charge < -0.3 is 5.32 Å². The molecule has 0 aliphatic heterocycles. The van der Waals surface area contributed by atoms with E-state index in [2.05, 4.69) is 25.2 Å². The topological polar surface area (TPSA) is 29.1 Å². The van der Waals surface area contributed by atoms with Gasteiger partial charge in [0.25, 0.3) is 5.91 Å². The normalized spacial score (nSPS) is 27.5. The van der Waals surface area contributed by atoms with Crippen molar-refractivity contribution in [1.82, 2.24) is 5.32 Å². The van der Waals surface area contributed by atoms with E-state index in [0.29, 0.717) is 15.8 Å². The Kier molecular flexibility index (Phi) is 3.89. The van der Waals surface area contributed by atoms with Gasteiger partial charge in [0.05, 0.1) is 5.02 Å². The van der Waals surface area contributed by atoms with E-state index in [1.54, 1.807) is 0 Å². The molecule has 1 amide bonds. The largest absolute Gasteiger partial charge is 0.349 e. The predicted molar refractivity (Wildman–Crippen MR) is 97.4 cm³/mol. The number of amides is 1. The van der Waals surface area contributed by atoms with Crippen LogP contribution in [0.15, 0.2) is 18.2 Å². The number of aryl methyl sites for hydroxylation is 1. The van der Waals surface area contributed by atoms with Crippen molar-refractivity contribution in [3.8, 4) is 0 Å². The Labute approximate surface area is 146 Å². The Morgan fingerprint density at radius 2 is 2.17 bits per heavy atom. The first-order chi connectivity index (χ1) is 11.0. The summed E-state index contributed by atoms with van der Waals surface area (Å²) in [4.78, 5) is 13.4. The summed E-state index contributed by atoms with van der Waals surface area (Å²) in [5.41, 5.74) is 1.19. The minimum absolute atomic E-state index is 0.0101. The molecule has 122 valence electrons. The summed E-state index contributed by atoms with van der Waals surface area (Å²) >= 11 is 7.96. The Morgan fingerprint density at radius 1 is 1.35 bits per heavy atom. The molecule has 23 heavy (non-hydrogen) atoms. The van der Waals surface area contributed by atoms with Crippen molar-refractivity contribution in [2.45, 2.75) is 45.6 Å². The summed E-state index contributed by atoms with van der Waals surface area (Å²) in [5, 5.41) is 4.81. The number of carbonyl (C=O) groups is 1. The molecule has 0 saturated heterocycles. The monoisotopic (exact) mass is 347 g/mol. The lowest BCUT2D eigenvalue weighted by Crippen LogP contribution is -2.39. The zero-order valence-corrected chi connectivity index (χ0v) is 15.1. The van der Waals surface area contributed by atoms with Crippen molar-refractivity contribution in [3.05, 3.63) is 33.7 Å². The maximum absolute atomic E-state index is 12.7. The van der Waals surface area contributed by atoms with Crippen LogP contribution in [-0.4, -0.2) is 11.9 Å². The van der Waals surface area contributed by atoms with Gasteiger partial charge in [-0.15, -0.1) is 11.3 Å². The van der Waals surface area contributed by atoms with Crippen LogP contribution in [0.25, 0.3) is 10.1 Å². The number of nitrogens with one attached hydrogen (secondary N) is 1. The van der Waals surface area contributed by atoms with Crippen molar-refractivity contribution >= 4 is 38.9 Å². The van der Waals surface area contributed by atoms with Crippen molar-refractivity contribution in [2.75, 3.05) is 0 Å². The third-order valence-corrected chi connectivity index (χ3v) is 7.44. The highest BCUT2D eigenvalue weighted by molar-refractivity contribution is 7.21. The lowest BCUT2D eigenvalue weighted by molar-refractivity contribution is 0.0919. The third kappa shape index (κ3) is 2.68. The summed E-state index contributed by atoms with van der Waals surface area (Å²) in [6, 6.07) is 6.39. The SMILES string of the molecule is Cc1ccc2c(Cl)c(C(=O)NC(C)C3CC4CCC3C4)sc2c1. The van der Waals surface area contributed by atoms with E-state index in [9.17, 15) is 4.79 Å². The molecule has 4 rings (SSSR count).